The van der Waals surface area contributed by atoms with Crippen molar-refractivity contribution in [2.75, 3.05) is 31.2 Å². The Kier molecular flexibility index (Phi) is 4.45. The minimum atomic E-state index is -0.931. The summed E-state index contributed by atoms with van der Waals surface area (Å²) < 4.78 is 26.8. The number of anilines is 1. The molecular weight excluding hydrogens is 220 g/mol. The fourth-order valence-electron chi connectivity index (χ4n) is 1.43. The van der Waals surface area contributed by atoms with E-state index in [2.05, 4.69) is 0 Å². The third-order valence-electron chi connectivity index (χ3n) is 2.06. The standard InChI is InChI=1S/C10H13F2NO3/c11-8-5-7(16)6-9(12)10(8)13(1-3-14)2-4-15/h5-6,14-16H,1-4H2. The lowest BCUT2D eigenvalue weighted by atomic mass is 10.2. The van der Waals surface area contributed by atoms with E-state index in [0.29, 0.717) is 0 Å². The number of aliphatic hydroxyl groups is 2. The van der Waals surface area contributed by atoms with Gasteiger partial charge in [-0.2, -0.15) is 0 Å². The predicted molar refractivity (Wildman–Crippen MR) is 54.4 cm³/mol. The molecule has 0 unspecified atom stereocenters. The van der Waals surface area contributed by atoms with Crippen LogP contribution in [0.2, 0.25) is 0 Å². The summed E-state index contributed by atoms with van der Waals surface area (Å²) in [5.41, 5.74) is -0.360. The third-order valence-corrected chi connectivity index (χ3v) is 2.06. The highest BCUT2D eigenvalue weighted by Crippen LogP contribution is 2.27. The molecule has 1 aromatic carbocycles. The van der Waals surface area contributed by atoms with Crippen molar-refractivity contribution in [3.63, 3.8) is 0 Å². The number of hydrogen-bond acceptors (Lipinski definition) is 4. The van der Waals surface area contributed by atoms with Crippen LogP contribution in [0.5, 0.6) is 5.75 Å². The summed E-state index contributed by atoms with van der Waals surface area (Å²) >= 11 is 0. The molecule has 0 bridgehead atoms. The Labute approximate surface area is 91.4 Å². The van der Waals surface area contributed by atoms with Gasteiger partial charge in [0.15, 0.2) is 11.6 Å². The van der Waals surface area contributed by atoms with Gasteiger partial charge in [-0.05, 0) is 0 Å². The number of phenols is 1. The Morgan fingerprint density at radius 3 is 1.81 bits per heavy atom. The Bertz CT molecular complexity index is 331. The lowest BCUT2D eigenvalue weighted by Gasteiger charge is -2.23. The molecular formula is C10H13F2NO3. The van der Waals surface area contributed by atoms with Crippen LogP contribution in [0.4, 0.5) is 14.5 Å². The first-order valence-corrected chi connectivity index (χ1v) is 4.74. The largest absolute Gasteiger partial charge is 0.508 e. The van der Waals surface area contributed by atoms with E-state index in [0.717, 1.165) is 12.1 Å². The van der Waals surface area contributed by atoms with Crippen LogP contribution in [-0.4, -0.2) is 41.6 Å². The van der Waals surface area contributed by atoms with E-state index < -0.39 is 17.4 Å². The van der Waals surface area contributed by atoms with E-state index in [9.17, 15) is 8.78 Å². The number of hydrogen-bond donors (Lipinski definition) is 3. The molecule has 0 aliphatic carbocycles. The van der Waals surface area contributed by atoms with Gasteiger partial charge in [-0.3, -0.25) is 0 Å². The van der Waals surface area contributed by atoms with E-state index in [-0.39, 0.29) is 32.0 Å². The molecule has 4 nitrogen and oxygen atoms in total. The van der Waals surface area contributed by atoms with E-state index >= 15 is 0 Å². The highest BCUT2D eigenvalue weighted by atomic mass is 19.1. The first kappa shape index (κ1) is 12.7. The van der Waals surface area contributed by atoms with Crippen molar-refractivity contribution < 1.29 is 24.1 Å². The maximum absolute atomic E-state index is 13.4. The van der Waals surface area contributed by atoms with Crippen molar-refractivity contribution in [2.45, 2.75) is 0 Å². The summed E-state index contributed by atoms with van der Waals surface area (Å²) in [5.74, 6) is -2.37. The van der Waals surface area contributed by atoms with Gasteiger partial charge in [-0.1, -0.05) is 0 Å². The second kappa shape index (κ2) is 5.62. The van der Waals surface area contributed by atoms with Gasteiger partial charge in [0.2, 0.25) is 0 Å². The zero-order chi connectivity index (χ0) is 12.1. The molecule has 0 heterocycles. The number of halogens is 2. The Morgan fingerprint density at radius 2 is 1.44 bits per heavy atom. The lowest BCUT2D eigenvalue weighted by molar-refractivity contribution is 0.280. The predicted octanol–water partition coefficient (Wildman–Crippen LogP) is 0.461. The molecule has 0 fully saturated rings. The highest BCUT2D eigenvalue weighted by Gasteiger charge is 2.17. The molecule has 1 aromatic rings. The zero-order valence-corrected chi connectivity index (χ0v) is 8.53. The molecule has 3 N–H and O–H groups in total. The summed E-state index contributed by atoms with van der Waals surface area (Å²) in [6.07, 6.45) is 0. The van der Waals surface area contributed by atoms with Crippen molar-refractivity contribution in [1.82, 2.24) is 0 Å². The van der Waals surface area contributed by atoms with Crippen molar-refractivity contribution in [3.05, 3.63) is 23.8 Å². The van der Waals surface area contributed by atoms with Gasteiger partial charge in [0, 0.05) is 25.2 Å². The first-order valence-electron chi connectivity index (χ1n) is 4.74. The number of aromatic hydroxyl groups is 1. The van der Waals surface area contributed by atoms with Gasteiger partial charge in [0.1, 0.15) is 11.4 Å². The van der Waals surface area contributed by atoms with E-state index in [4.69, 9.17) is 15.3 Å². The van der Waals surface area contributed by atoms with Crippen LogP contribution >= 0.6 is 0 Å². The van der Waals surface area contributed by atoms with Gasteiger partial charge in [0.25, 0.3) is 0 Å². The Hall–Kier alpha value is -1.40. The maximum atomic E-state index is 13.4. The molecule has 0 amide bonds. The van der Waals surface area contributed by atoms with Crippen LogP contribution in [0, 0.1) is 11.6 Å². The zero-order valence-electron chi connectivity index (χ0n) is 8.53. The minimum absolute atomic E-state index is 0.000818. The molecule has 0 aliphatic heterocycles. The molecule has 0 aromatic heterocycles. The average molecular weight is 233 g/mol. The number of aliphatic hydroxyl groups excluding tert-OH is 2. The summed E-state index contributed by atoms with van der Waals surface area (Å²) in [6, 6.07) is 1.56. The molecule has 0 atom stereocenters. The van der Waals surface area contributed by atoms with Gasteiger partial charge in [0.05, 0.1) is 13.2 Å². The van der Waals surface area contributed by atoms with Gasteiger partial charge in [-0.25, -0.2) is 8.78 Å². The van der Waals surface area contributed by atoms with Gasteiger partial charge >= 0.3 is 0 Å². The van der Waals surface area contributed by atoms with Crippen LogP contribution in [0.3, 0.4) is 0 Å². The normalized spacial score (nSPS) is 10.5. The van der Waals surface area contributed by atoms with E-state index in [1.165, 1.54) is 4.90 Å². The SMILES string of the molecule is OCCN(CCO)c1c(F)cc(O)cc1F. The second-order valence-corrected chi connectivity index (χ2v) is 3.19. The van der Waals surface area contributed by atoms with Gasteiger partial charge in [-0.15, -0.1) is 0 Å². The fraction of sp³-hybridized carbons (Fsp3) is 0.400. The molecule has 0 saturated carbocycles. The fourth-order valence-corrected chi connectivity index (χ4v) is 1.43. The first-order chi connectivity index (χ1) is 7.60. The van der Waals surface area contributed by atoms with Crippen LogP contribution in [0.25, 0.3) is 0 Å². The Balaban J connectivity index is 3.07. The number of benzene rings is 1. The third kappa shape index (κ3) is 2.80. The maximum Gasteiger partial charge on any atom is 0.153 e. The highest BCUT2D eigenvalue weighted by molar-refractivity contribution is 5.51. The van der Waals surface area contributed by atoms with Crippen LogP contribution in [0.1, 0.15) is 0 Å². The second-order valence-electron chi connectivity index (χ2n) is 3.19. The molecule has 0 aliphatic rings. The summed E-state index contributed by atoms with van der Waals surface area (Å²) in [6.45, 7) is -0.585. The Morgan fingerprint density at radius 1 is 1.00 bits per heavy atom. The van der Waals surface area contributed by atoms with Crippen molar-refractivity contribution in [1.29, 1.82) is 0 Å². The van der Waals surface area contributed by atoms with Crippen LogP contribution in [-0.2, 0) is 0 Å². The van der Waals surface area contributed by atoms with Crippen molar-refractivity contribution >= 4 is 5.69 Å². The van der Waals surface area contributed by atoms with E-state index in [1.807, 2.05) is 0 Å². The quantitative estimate of drug-likeness (QED) is 0.691. The topological polar surface area (TPSA) is 63.9 Å². The monoisotopic (exact) mass is 233 g/mol. The van der Waals surface area contributed by atoms with Crippen molar-refractivity contribution in [3.8, 4) is 5.75 Å². The van der Waals surface area contributed by atoms with Crippen LogP contribution < -0.4 is 4.90 Å². The summed E-state index contributed by atoms with van der Waals surface area (Å²) in [7, 11) is 0. The molecule has 90 valence electrons. The smallest absolute Gasteiger partial charge is 0.153 e. The molecule has 0 spiro atoms. The molecule has 16 heavy (non-hydrogen) atoms. The van der Waals surface area contributed by atoms with E-state index in [1.54, 1.807) is 0 Å². The number of phenolic OH excluding ortho intramolecular Hbond substituents is 1. The lowest BCUT2D eigenvalue weighted by Crippen LogP contribution is -2.31. The molecule has 0 saturated heterocycles. The summed E-state index contributed by atoms with van der Waals surface area (Å²) in [4.78, 5) is 1.17. The molecule has 0 radical (unpaired) electrons. The summed E-state index contributed by atoms with van der Waals surface area (Å²) in [5, 5.41) is 26.4. The van der Waals surface area contributed by atoms with Crippen LogP contribution in [0.15, 0.2) is 12.1 Å². The minimum Gasteiger partial charge on any atom is -0.508 e. The van der Waals surface area contributed by atoms with Crippen molar-refractivity contribution in [2.24, 2.45) is 0 Å². The van der Waals surface area contributed by atoms with Gasteiger partial charge < -0.3 is 20.2 Å². The molecule has 1 rings (SSSR count). The molecule has 6 heteroatoms. The number of nitrogens with zero attached hydrogens (tertiary/aromatic N) is 1. The average Bonchev–Trinajstić information content (AvgIpc) is 2.16. The number of rotatable bonds is 5.